The Hall–Kier alpha value is -1.75. The van der Waals surface area contributed by atoms with Crippen LogP contribution in [0.15, 0.2) is 40.4 Å². The second-order valence-corrected chi connectivity index (χ2v) is 4.99. The lowest BCUT2D eigenvalue weighted by molar-refractivity contribution is 0.766. The third-order valence-corrected chi connectivity index (χ3v) is 3.34. The van der Waals surface area contributed by atoms with Gasteiger partial charge in [-0.25, -0.2) is 0 Å². The molecule has 17 heavy (non-hydrogen) atoms. The van der Waals surface area contributed by atoms with Gasteiger partial charge in [0, 0.05) is 23.7 Å². The first kappa shape index (κ1) is 11.7. The number of nitrogen functional groups attached to an aromatic ring is 1. The highest BCUT2D eigenvalue weighted by molar-refractivity contribution is 7.99. The van der Waals surface area contributed by atoms with Crippen LogP contribution >= 0.6 is 11.8 Å². The molecule has 3 N–H and O–H groups in total. The summed E-state index contributed by atoms with van der Waals surface area (Å²) in [5, 5.41) is 11.6. The smallest absolute Gasteiger partial charge is 0.123 e. The van der Waals surface area contributed by atoms with Crippen LogP contribution in [0.2, 0.25) is 0 Å². The molecule has 0 aliphatic rings. The molecule has 0 aliphatic carbocycles. The van der Waals surface area contributed by atoms with Crippen LogP contribution in [0.3, 0.4) is 0 Å². The van der Waals surface area contributed by atoms with Crippen molar-refractivity contribution in [3.05, 3.63) is 41.7 Å². The summed E-state index contributed by atoms with van der Waals surface area (Å²) in [6.45, 7) is 1.96. The van der Waals surface area contributed by atoms with Gasteiger partial charge >= 0.3 is 0 Å². The van der Waals surface area contributed by atoms with E-state index >= 15 is 0 Å². The number of hydrogen-bond acceptors (Lipinski definition) is 3. The molecule has 1 aromatic heterocycles. The number of aromatic nitrogens is 2. The van der Waals surface area contributed by atoms with E-state index in [1.807, 2.05) is 44.6 Å². The maximum absolute atomic E-state index is 7.43. The first-order chi connectivity index (χ1) is 8.06. The zero-order valence-electron chi connectivity index (χ0n) is 9.77. The van der Waals surface area contributed by atoms with Gasteiger partial charge in [0.2, 0.25) is 0 Å². The molecule has 0 aliphatic heterocycles. The highest BCUT2D eigenvalue weighted by Crippen LogP contribution is 2.28. The van der Waals surface area contributed by atoms with Crippen molar-refractivity contribution < 1.29 is 0 Å². The minimum Gasteiger partial charge on any atom is -0.384 e. The number of rotatable bonds is 3. The Kier molecular flexibility index (Phi) is 3.19. The average molecular weight is 246 g/mol. The van der Waals surface area contributed by atoms with Crippen LogP contribution in [0.25, 0.3) is 0 Å². The Bertz CT molecular complexity index is 559. The first-order valence-electron chi connectivity index (χ1n) is 5.18. The van der Waals surface area contributed by atoms with Gasteiger partial charge in [-0.05, 0) is 30.7 Å². The van der Waals surface area contributed by atoms with Crippen LogP contribution in [-0.4, -0.2) is 15.6 Å². The van der Waals surface area contributed by atoms with E-state index in [9.17, 15) is 0 Å². The number of nitrogens with zero attached hydrogens (tertiary/aromatic N) is 2. The summed E-state index contributed by atoms with van der Waals surface area (Å²) in [5.74, 6) is 0.112. The van der Waals surface area contributed by atoms with E-state index in [1.54, 1.807) is 16.4 Å². The SMILES string of the molecule is Cc1cc(Sc2cnn(C)c2)ccc1C(=N)N. The molecule has 4 nitrogen and oxygen atoms in total. The van der Waals surface area contributed by atoms with Crippen molar-refractivity contribution in [2.75, 3.05) is 0 Å². The molecule has 88 valence electrons. The molecule has 0 saturated carbocycles. The van der Waals surface area contributed by atoms with E-state index in [0.29, 0.717) is 0 Å². The maximum Gasteiger partial charge on any atom is 0.123 e. The molecular weight excluding hydrogens is 232 g/mol. The largest absolute Gasteiger partial charge is 0.384 e. The van der Waals surface area contributed by atoms with E-state index in [-0.39, 0.29) is 5.84 Å². The monoisotopic (exact) mass is 246 g/mol. The quantitative estimate of drug-likeness (QED) is 0.644. The van der Waals surface area contributed by atoms with Gasteiger partial charge in [-0.3, -0.25) is 10.1 Å². The summed E-state index contributed by atoms with van der Waals surface area (Å²) in [4.78, 5) is 2.22. The molecule has 2 aromatic rings. The fourth-order valence-electron chi connectivity index (χ4n) is 1.59. The lowest BCUT2D eigenvalue weighted by Crippen LogP contribution is -2.12. The fraction of sp³-hybridized carbons (Fsp3) is 0.167. The first-order valence-corrected chi connectivity index (χ1v) is 5.99. The van der Waals surface area contributed by atoms with Gasteiger partial charge in [0.1, 0.15) is 5.84 Å². The maximum atomic E-state index is 7.43. The summed E-state index contributed by atoms with van der Waals surface area (Å²) in [6.07, 6.45) is 3.80. The summed E-state index contributed by atoms with van der Waals surface area (Å²) in [5.41, 5.74) is 7.30. The lowest BCUT2D eigenvalue weighted by Gasteiger charge is -2.05. The van der Waals surface area contributed by atoms with Crippen LogP contribution < -0.4 is 5.73 Å². The third kappa shape index (κ3) is 2.68. The number of hydrogen-bond donors (Lipinski definition) is 2. The molecule has 5 heteroatoms. The Morgan fingerprint density at radius 2 is 2.18 bits per heavy atom. The van der Waals surface area contributed by atoms with Gasteiger partial charge < -0.3 is 5.73 Å². The summed E-state index contributed by atoms with van der Waals surface area (Å²) in [6, 6.07) is 5.90. The highest BCUT2D eigenvalue weighted by Gasteiger charge is 2.04. The van der Waals surface area contributed by atoms with Crippen LogP contribution in [0, 0.1) is 12.3 Å². The molecule has 0 fully saturated rings. The number of nitrogens with two attached hydrogens (primary N) is 1. The molecule has 0 unspecified atom stereocenters. The number of benzene rings is 1. The normalized spacial score (nSPS) is 10.5. The Morgan fingerprint density at radius 3 is 2.71 bits per heavy atom. The van der Waals surface area contributed by atoms with Gasteiger partial charge in [0.05, 0.1) is 11.1 Å². The predicted octanol–water partition coefficient (Wildman–Crippen LogP) is 2.16. The second kappa shape index (κ2) is 4.63. The van der Waals surface area contributed by atoms with Crippen molar-refractivity contribution in [3.8, 4) is 0 Å². The average Bonchev–Trinajstić information content (AvgIpc) is 2.63. The topological polar surface area (TPSA) is 67.7 Å². The van der Waals surface area contributed by atoms with Crippen LogP contribution in [0.1, 0.15) is 11.1 Å². The van der Waals surface area contributed by atoms with Crippen molar-refractivity contribution in [2.24, 2.45) is 12.8 Å². The van der Waals surface area contributed by atoms with Crippen LogP contribution in [0.4, 0.5) is 0 Å². The van der Waals surface area contributed by atoms with Crippen molar-refractivity contribution in [1.82, 2.24) is 9.78 Å². The lowest BCUT2D eigenvalue weighted by atomic mass is 10.1. The van der Waals surface area contributed by atoms with Gasteiger partial charge in [-0.2, -0.15) is 5.10 Å². The molecule has 0 saturated heterocycles. The molecule has 0 atom stereocenters. The Labute approximate surface area is 104 Å². The van der Waals surface area contributed by atoms with Gasteiger partial charge in [0.15, 0.2) is 0 Å². The molecule has 0 bridgehead atoms. The number of amidine groups is 1. The molecule has 2 rings (SSSR count). The van der Waals surface area contributed by atoms with Gasteiger partial charge in [-0.1, -0.05) is 11.8 Å². The fourth-order valence-corrected chi connectivity index (χ4v) is 2.54. The minimum atomic E-state index is 0.112. The molecule has 0 amide bonds. The number of nitrogens with one attached hydrogen (secondary N) is 1. The molecule has 1 aromatic carbocycles. The van der Waals surface area contributed by atoms with Crippen molar-refractivity contribution in [1.29, 1.82) is 5.41 Å². The van der Waals surface area contributed by atoms with E-state index in [1.165, 1.54) is 0 Å². The molecular formula is C12H14N4S. The van der Waals surface area contributed by atoms with Crippen LogP contribution in [0.5, 0.6) is 0 Å². The zero-order valence-corrected chi connectivity index (χ0v) is 10.6. The summed E-state index contributed by atoms with van der Waals surface area (Å²) >= 11 is 1.65. The van der Waals surface area contributed by atoms with Crippen LogP contribution in [-0.2, 0) is 7.05 Å². The molecule has 0 spiro atoms. The van der Waals surface area contributed by atoms with E-state index in [0.717, 1.165) is 20.9 Å². The van der Waals surface area contributed by atoms with Crippen molar-refractivity contribution in [2.45, 2.75) is 16.7 Å². The predicted molar refractivity (Wildman–Crippen MR) is 69.5 cm³/mol. The molecule has 1 heterocycles. The van der Waals surface area contributed by atoms with E-state index in [2.05, 4.69) is 5.10 Å². The standard InChI is InChI=1S/C12H14N4S/c1-8-5-9(3-4-11(8)12(13)14)17-10-6-15-16(2)7-10/h3-7H,1-2H3,(H3,13,14). The second-order valence-electron chi connectivity index (χ2n) is 3.84. The Balaban J connectivity index is 2.23. The summed E-state index contributed by atoms with van der Waals surface area (Å²) in [7, 11) is 1.90. The highest BCUT2D eigenvalue weighted by atomic mass is 32.2. The number of aryl methyl sites for hydroxylation is 2. The van der Waals surface area contributed by atoms with Gasteiger partial charge in [-0.15, -0.1) is 0 Å². The van der Waals surface area contributed by atoms with Crippen molar-refractivity contribution in [3.63, 3.8) is 0 Å². The van der Waals surface area contributed by atoms with E-state index < -0.39 is 0 Å². The van der Waals surface area contributed by atoms with Crippen molar-refractivity contribution >= 4 is 17.6 Å². The molecule has 0 radical (unpaired) electrons. The third-order valence-electron chi connectivity index (χ3n) is 2.40. The zero-order chi connectivity index (χ0) is 12.4. The Morgan fingerprint density at radius 1 is 1.41 bits per heavy atom. The minimum absolute atomic E-state index is 0.112. The van der Waals surface area contributed by atoms with Gasteiger partial charge in [0.25, 0.3) is 0 Å². The summed E-state index contributed by atoms with van der Waals surface area (Å²) < 4.78 is 1.78. The van der Waals surface area contributed by atoms with E-state index in [4.69, 9.17) is 11.1 Å².